The Labute approximate surface area is 119 Å². The molecule has 0 saturated carbocycles. The third kappa shape index (κ3) is 3.25. The number of rotatable bonds is 2. The molecule has 2 rings (SSSR count). The average molecular weight is 287 g/mol. The number of likely N-dealkylation sites (tertiary alicyclic amines) is 1. The molecule has 1 saturated heterocycles. The van der Waals surface area contributed by atoms with E-state index in [1.54, 1.807) is 17.0 Å². The van der Waals surface area contributed by atoms with Gasteiger partial charge in [-0.15, -0.1) is 12.4 Å². The van der Waals surface area contributed by atoms with Crippen LogP contribution in [-0.2, 0) is 0 Å². The van der Waals surface area contributed by atoms with E-state index in [4.69, 9.17) is 5.73 Å². The summed E-state index contributed by atoms with van der Waals surface area (Å²) in [6.45, 7) is 5.04. The topological polar surface area (TPSA) is 46.3 Å². The smallest absolute Gasteiger partial charge is 0.257 e. The zero-order chi connectivity index (χ0) is 13.3. The Morgan fingerprint density at radius 3 is 2.79 bits per heavy atom. The van der Waals surface area contributed by atoms with E-state index in [9.17, 15) is 9.18 Å². The summed E-state index contributed by atoms with van der Waals surface area (Å²) < 4.78 is 13.7. The van der Waals surface area contributed by atoms with Crippen molar-refractivity contribution in [3.05, 3.63) is 35.1 Å². The lowest BCUT2D eigenvalue weighted by atomic mass is 10.1. The van der Waals surface area contributed by atoms with Crippen LogP contribution < -0.4 is 5.73 Å². The molecule has 0 spiro atoms. The SMILES string of the molecule is Cc1ccc(F)c(C(=O)N2CC(CN)CC2C)c1.Cl. The minimum Gasteiger partial charge on any atom is -0.336 e. The Balaban J connectivity index is 0.00000180. The van der Waals surface area contributed by atoms with E-state index < -0.39 is 5.82 Å². The molecular weight excluding hydrogens is 267 g/mol. The number of hydrogen-bond donors (Lipinski definition) is 1. The molecule has 1 aliphatic heterocycles. The molecule has 2 atom stereocenters. The fraction of sp³-hybridized carbons (Fsp3) is 0.500. The number of hydrogen-bond acceptors (Lipinski definition) is 2. The third-order valence-electron chi connectivity index (χ3n) is 3.61. The molecule has 5 heteroatoms. The van der Waals surface area contributed by atoms with Gasteiger partial charge in [0.2, 0.25) is 0 Å². The van der Waals surface area contributed by atoms with Gasteiger partial charge in [0.15, 0.2) is 0 Å². The van der Waals surface area contributed by atoms with Gasteiger partial charge in [0.05, 0.1) is 5.56 Å². The standard InChI is InChI=1S/C14H19FN2O.ClH/c1-9-3-4-13(15)12(5-9)14(18)17-8-11(7-16)6-10(17)2;/h3-5,10-11H,6-8,16H2,1-2H3;1H. The number of nitrogens with zero attached hydrogens (tertiary/aromatic N) is 1. The number of halogens is 2. The van der Waals surface area contributed by atoms with Gasteiger partial charge in [-0.1, -0.05) is 11.6 Å². The maximum Gasteiger partial charge on any atom is 0.257 e. The normalized spacial score (nSPS) is 22.2. The molecule has 3 nitrogen and oxygen atoms in total. The summed E-state index contributed by atoms with van der Waals surface area (Å²) in [5, 5.41) is 0. The van der Waals surface area contributed by atoms with Crippen molar-refractivity contribution in [2.24, 2.45) is 11.7 Å². The quantitative estimate of drug-likeness (QED) is 0.907. The van der Waals surface area contributed by atoms with Crippen LogP contribution in [0.1, 0.15) is 29.3 Å². The predicted octanol–water partition coefficient (Wildman–Crippen LogP) is 2.37. The van der Waals surface area contributed by atoms with Gasteiger partial charge in [-0.3, -0.25) is 4.79 Å². The Hall–Kier alpha value is -1.13. The molecule has 1 amide bonds. The van der Waals surface area contributed by atoms with Crippen molar-refractivity contribution in [3.8, 4) is 0 Å². The number of aryl methyl sites for hydroxylation is 1. The molecule has 0 aliphatic carbocycles. The summed E-state index contributed by atoms with van der Waals surface area (Å²) in [4.78, 5) is 14.1. The third-order valence-corrected chi connectivity index (χ3v) is 3.61. The highest BCUT2D eigenvalue weighted by Crippen LogP contribution is 2.25. The highest BCUT2D eigenvalue weighted by atomic mass is 35.5. The zero-order valence-corrected chi connectivity index (χ0v) is 12.0. The monoisotopic (exact) mass is 286 g/mol. The fourth-order valence-electron chi connectivity index (χ4n) is 2.55. The second-order valence-electron chi connectivity index (χ2n) is 5.13. The number of carbonyl (C=O) groups is 1. The summed E-state index contributed by atoms with van der Waals surface area (Å²) >= 11 is 0. The van der Waals surface area contributed by atoms with E-state index in [-0.39, 0.29) is 29.9 Å². The maximum atomic E-state index is 13.7. The Bertz CT molecular complexity index is 467. The minimum absolute atomic E-state index is 0. The number of nitrogens with two attached hydrogens (primary N) is 1. The molecule has 1 aromatic carbocycles. The molecule has 0 radical (unpaired) electrons. The van der Waals surface area contributed by atoms with Crippen LogP contribution in [0, 0.1) is 18.7 Å². The highest BCUT2D eigenvalue weighted by Gasteiger charge is 2.33. The maximum absolute atomic E-state index is 13.7. The number of carbonyl (C=O) groups excluding carboxylic acids is 1. The summed E-state index contributed by atoms with van der Waals surface area (Å²) in [5.74, 6) is -0.342. The lowest BCUT2D eigenvalue weighted by Crippen LogP contribution is -2.35. The predicted molar refractivity (Wildman–Crippen MR) is 76.0 cm³/mol. The van der Waals surface area contributed by atoms with Gasteiger partial charge in [-0.25, -0.2) is 4.39 Å². The summed E-state index contributed by atoms with van der Waals surface area (Å²) in [6.07, 6.45) is 0.898. The molecule has 1 aliphatic rings. The van der Waals surface area contributed by atoms with Gasteiger partial charge >= 0.3 is 0 Å². The second kappa shape index (κ2) is 6.35. The molecular formula is C14H20ClFN2O. The van der Waals surface area contributed by atoms with Crippen LogP contribution in [0.4, 0.5) is 4.39 Å². The van der Waals surface area contributed by atoms with Crippen LogP contribution >= 0.6 is 12.4 Å². The first-order chi connectivity index (χ1) is 8.52. The minimum atomic E-state index is -0.450. The zero-order valence-electron chi connectivity index (χ0n) is 11.2. The fourth-order valence-corrected chi connectivity index (χ4v) is 2.55. The van der Waals surface area contributed by atoms with Crippen LogP contribution in [0.15, 0.2) is 18.2 Å². The number of amides is 1. The molecule has 0 bridgehead atoms. The summed E-state index contributed by atoms with van der Waals surface area (Å²) in [6, 6.07) is 4.76. The van der Waals surface area contributed by atoms with Crippen LogP contribution in [0.3, 0.4) is 0 Å². The van der Waals surface area contributed by atoms with Gasteiger partial charge in [0.25, 0.3) is 5.91 Å². The number of benzene rings is 1. The van der Waals surface area contributed by atoms with Crippen LogP contribution in [-0.4, -0.2) is 29.9 Å². The summed E-state index contributed by atoms with van der Waals surface area (Å²) in [7, 11) is 0. The van der Waals surface area contributed by atoms with E-state index in [0.29, 0.717) is 19.0 Å². The van der Waals surface area contributed by atoms with E-state index >= 15 is 0 Å². The average Bonchev–Trinajstić information content (AvgIpc) is 2.73. The van der Waals surface area contributed by atoms with Gasteiger partial charge < -0.3 is 10.6 Å². The molecule has 2 N–H and O–H groups in total. The molecule has 1 aromatic rings. The molecule has 0 aromatic heterocycles. The largest absolute Gasteiger partial charge is 0.336 e. The summed E-state index contributed by atoms with van der Waals surface area (Å²) in [5.41, 5.74) is 6.70. The molecule has 106 valence electrons. The van der Waals surface area contributed by atoms with Crippen LogP contribution in [0.2, 0.25) is 0 Å². The second-order valence-corrected chi connectivity index (χ2v) is 5.13. The van der Waals surface area contributed by atoms with Gasteiger partial charge in [-0.05, 0) is 44.9 Å². The van der Waals surface area contributed by atoms with Crippen molar-refractivity contribution < 1.29 is 9.18 Å². The van der Waals surface area contributed by atoms with Crippen molar-refractivity contribution in [3.63, 3.8) is 0 Å². The first-order valence-corrected chi connectivity index (χ1v) is 6.30. The molecule has 1 heterocycles. The van der Waals surface area contributed by atoms with E-state index in [1.807, 2.05) is 13.8 Å². The van der Waals surface area contributed by atoms with Crippen molar-refractivity contribution in [1.29, 1.82) is 0 Å². The van der Waals surface area contributed by atoms with E-state index in [2.05, 4.69) is 0 Å². The Morgan fingerprint density at radius 2 is 2.21 bits per heavy atom. The molecule has 2 unspecified atom stereocenters. The van der Waals surface area contributed by atoms with Gasteiger partial charge in [0.1, 0.15) is 5.82 Å². The van der Waals surface area contributed by atoms with Crippen LogP contribution in [0.25, 0.3) is 0 Å². The first kappa shape index (κ1) is 15.9. The first-order valence-electron chi connectivity index (χ1n) is 6.30. The van der Waals surface area contributed by atoms with Crippen molar-refractivity contribution in [2.45, 2.75) is 26.3 Å². The van der Waals surface area contributed by atoms with Crippen molar-refractivity contribution in [1.82, 2.24) is 4.90 Å². The lowest BCUT2D eigenvalue weighted by molar-refractivity contribution is 0.0738. The highest BCUT2D eigenvalue weighted by molar-refractivity contribution is 5.95. The van der Waals surface area contributed by atoms with Gasteiger partial charge in [-0.2, -0.15) is 0 Å². The molecule has 19 heavy (non-hydrogen) atoms. The van der Waals surface area contributed by atoms with E-state index in [0.717, 1.165) is 12.0 Å². The Morgan fingerprint density at radius 1 is 1.53 bits per heavy atom. The van der Waals surface area contributed by atoms with Crippen molar-refractivity contribution in [2.75, 3.05) is 13.1 Å². The molecule has 1 fully saturated rings. The van der Waals surface area contributed by atoms with Crippen LogP contribution in [0.5, 0.6) is 0 Å². The lowest BCUT2D eigenvalue weighted by Gasteiger charge is -2.22. The van der Waals surface area contributed by atoms with E-state index in [1.165, 1.54) is 6.07 Å². The Kier molecular flexibility index (Phi) is 5.32. The van der Waals surface area contributed by atoms with Gasteiger partial charge in [0, 0.05) is 12.6 Å². The van der Waals surface area contributed by atoms with Crippen molar-refractivity contribution >= 4 is 18.3 Å².